The fourth-order valence-electron chi connectivity index (χ4n) is 1.52. The molecule has 0 radical (unpaired) electrons. The SMILES string of the molecule is Nc1nnsc1-c1nc2cccc(F)c2c(=O)o1. The highest BCUT2D eigenvalue weighted by Gasteiger charge is 2.16. The zero-order chi connectivity index (χ0) is 12.7. The summed E-state index contributed by atoms with van der Waals surface area (Å²) in [5.41, 5.74) is 4.96. The van der Waals surface area contributed by atoms with Gasteiger partial charge in [0.15, 0.2) is 10.7 Å². The quantitative estimate of drug-likeness (QED) is 0.714. The van der Waals surface area contributed by atoms with E-state index in [-0.39, 0.29) is 22.6 Å². The maximum atomic E-state index is 13.5. The van der Waals surface area contributed by atoms with E-state index in [0.29, 0.717) is 4.88 Å². The molecule has 6 nitrogen and oxygen atoms in total. The second kappa shape index (κ2) is 3.84. The standard InChI is InChI=1S/C10H5FN4O2S/c11-4-2-1-3-5-6(4)10(16)17-9(13-5)7-8(12)14-15-18-7/h1-3H,12H2. The van der Waals surface area contributed by atoms with Crippen LogP contribution >= 0.6 is 11.5 Å². The molecule has 18 heavy (non-hydrogen) atoms. The third kappa shape index (κ3) is 1.54. The van der Waals surface area contributed by atoms with Gasteiger partial charge >= 0.3 is 5.63 Å². The Morgan fingerprint density at radius 3 is 2.94 bits per heavy atom. The van der Waals surface area contributed by atoms with Gasteiger partial charge in [-0.3, -0.25) is 0 Å². The highest BCUT2D eigenvalue weighted by molar-refractivity contribution is 7.09. The summed E-state index contributed by atoms with van der Waals surface area (Å²) in [6, 6.07) is 4.15. The van der Waals surface area contributed by atoms with Crippen LogP contribution in [-0.2, 0) is 0 Å². The minimum Gasteiger partial charge on any atom is -0.402 e. The van der Waals surface area contributed by atoms with E-state index in [0.717, 1.165) is 11.5 Å². The molecule has 0 aliphatic carbocycles. The van der Waals surface area contributed by atoms with E-state index < -0.39 is 11.4 Å². The zero-order valence-electron chi connectivity index (χ0n) is 8.75. The molecule has 3 rings (SSSR count). The highest BCUT2D eigenvalue weighted by Crippen LogP contribution is 2.26. The number of aromatic nitrogens is 3. The van der Waals surface area contributed by atoms with Crippen molar-refractivity contribution in [2.24, 2.45) is 0 Å². The largest absolute Gasteiger partial charge is 0.402 e. The molecule has 0 aliphatic heterocycles. The van der Waals surface area contributed by atoms with Gasteiger partial charge in [0.25, 0.3) is 0 Å². The van der Waals surface area contributed by atoms with Crippen LogP contribution in [0.1, 0.15) is 0 Å². The third-order valence-electron chi connectivity index (χ3n) is 2.31. The number of nitrogens with two attached hydrogens (primary N) is 1. The fourth-order valence-corrected chi connectivity index (χ4v) is 2.03. The maximum absolute atomic E-state index is 13.5. The number of halogens is 1. The van der Waals surface area contributed by atoms with Crippen molar-refractivity contribution in [2.45, 2.75) is 0 Å². The molecule has 0 saturated heterocycles. The van der Waals surface area contributed by atoms with Crippen molar-refractivity contribution < 1.29 is 8.81 Å². The van der Waals surface area contributed by atoms with Crippen molar-refractivity contribution in [1.29, 1.82) is 0 Å². The number of anilines is 1. The molecule has 2 N–H and O–H groups in total. The Morgan fingerprint density at radius 2 is 2.22 bits per heavy atom. The van der Waals surface area contributed by atoms with Gasteiger partial charge in [0.2, 0.25) is 5.89 Å². The van der Waals surface area contributed by atoms with Gasteiger partial charge in [-0.05, 0) is 23.7 Å². The number of nitrogens with zero attached hydrogens (tertiary/aromatic N) is 3. The van der Waals surface area contributed by atoms with E-state index in [1.165, 1.54) is 18.2 Å². The topological polar surface area (TPSA) is 94.9 Å². The van der Waals surface area contributed by atoms with Gasteiger partial charge in [0.05, 0.1) is 5.52 Å². The van der Waals surface area contributed by atoms with Crippen molar-refractivity contribution in [3.05, 3.63) is 34.4 Å². The predicted molar refractivity (Wildman–Crippen MR) is 63.6 cm³/mol. The number of nitrogen functional groups attached to an aromatic ring is 1. The van der Waals surface area contributed by atoms with Crippen LogP contribution in [0, 0.1) is 5.82 Å². The van der Waals surface area contributed by atoms with Crippen molar-refractivity contribution >= 4 is 28.3 Å². The zero-order valence-corrected chi connectivity index (χ0v) is 9.57. The highest BCUT2D eigenvalue weighted by atomic mass is 32.1. The van der Waals surface area contributed by atoms with Crippen LogP contribution in [0.2, 0.25) is 0 Å². The first-order chi connectivity index (χ1) is 8.66. The Kier molecular flexibility index (Phi) is 2.30. The minimum absolute atomic E-state index is 0.00870. The first-order valence-corrected chi connectivity index (χ1v) is 5.61. The summed E-state index contributed by atoms with van der Waals surface area (Å²) in [7, 11) is 0. The van der Waals surface area contributed by atoms with E-state index in [4.69, 9.17) is 10.2 Å². The van der Waals surface area contributed by atoms with Crippen LogP contribution in [0.4, 0.5) is 10.2 Å². The van der Waals surface area contributed by atoms with E-state index in [9.17, 15) is 9.18 Å². The Balaban J connectivity index is 2.36. The van der Waals surface area contributed by atoms with Crippen molar-refractivity contribution in [2.75, 3.05) is 5.73 Å². The monoisotopic (exact) mass is 264 g/mol. The van der Waals surface area contributed by atoms with Crippen LogP contribution in [0.5, 0.6) is 0 Å². The van der Waals surface area contributed by atoms with Gasteiger partial charge in [0.1, 0.15) is 11.2 Å². The number of rotatable bonds is 1. The average Bonchev–Trinajstić information content (AvgIpc) is 2.75. The molecular weight excluding hydrogens is 259 g/mol. The molecule has 90 valence electrons. The van der Waals surface area contributed by atoms with Crippen LogP contribution in [0.3, 0.4) is 0 Å². The normalized spacial score (nSPS) is 10.9. The van der Waals surface area contributed by atoms with Gasteiger partial charge in [-0.1, -0.05) is 10.6 Å². The molecular formula is C10H5FN4O2S. The molecule has 0 amide bonds. The summed E-state index contributed by atoms with van der Waals surface area (Å²) in [4.78, 5) is 16.1. The minimum atomic E-state index is -0.805. The van der Waals surface area contributed by atoms with Gasteiger partial charge in [0, 0.05) is 0 Å². The predicted octanol–water partition coefficient (Wildman–Crippen LogP) is 1.43. The van der Waals surface area contributed by atoms with Crippen molar-refractivity contribution in [1.82, 2.24) is 14.6 Å². The Labute approximate surface area is 103 Å². The molecule has 0 aliphatic rings. The lowest BCUT2D eigenvalue weighted by molar-refractivity contribution is 0.514. The maximum Gasteiger partial charge on any atom is 0.350 e. The van der Waals surface area contributed by atoms with Gasteiger partial charge < -0.3 is 10.2 Å². The van der Waals surface area contributed by atoms with Crippen molar-refractivity contribution in [3.63, 3.8) is 0 Å². The number of hydrogen-bond donors (Lipinski definition) is 1. The molecule has 2 aromatic heterocycles. The molecule has 8 heteroatoms. The van der Waals surface area contributed by atoms with E-state index >= 15 is 0 Å². The molecule has 0 fully saturated rings. The number of hydrogen-bond acceptors (Lipinski definition) is 7. The van der Waals surface area contributed by atoms with Gasteiger partial charge in [-0.25, -0.2) is 14.2 Å². The lowest BCUT2D eigenvalue weighted by Crippen LogP contribution is -2.05. The smallest absolute Gasteiger partial charge is 0.350 e. The summed E-state index contributed by atoms with van der Waals surface area (Å²) in [6.45, 7) is 0. The summed E-state index contributed by atoms with van der Waals surface area (Å²) < 4.78 is 22.0. The second-order valence-corrected chi connectivity index (χ2v) is 4.18. The lowest BCUT2D eigenvalue weighted by atomic mass is 10.2. The summed E-state index contributed by atoms with van der Waals surface area (Å²) >= 11 is 0.949. The van der Waals surface area contributed by atoms with E-state index in [2.05, 4.69) is 14.6 Å². The number of fused-ring (bicyclic) bond motifs is 1. The van der Waals surface area contributed by atoms with Gasteiger partial charge in [-0.2, -0.15) is 0 Å². The van der Waals surface area contributed by atoms with Crippen LogP contribution in [-0.4, -0.2) is 14.6 Å². The lowest BCUT2D eigenvalue weighted by Gasteiger charge is -1.99. The summed E-state index contributed by atoms with van der Waals surface area (Å²) in [5.74, 6) is -0.562. The number of benzene rings is 1. The molecule has 0 bridgehead atoms. The van der Waals surface area contributed by atoms with E-state index in [1.54, 1.807) is 0 Å². The molecule has 0 spiro atoms. The molecule has 2 heterocycles. The summed E-state index contributed by atoms with van der Waals surface area (Å²) in [5, 5.41) is 3.41. The van der Waals surface area contributed by atoms with Crippen LogP contribution in [0.15, 0.2) is 27.4 Å². The molecule has 0 unspecified atom stereocenters. The molecule has 3 aromatic rings. The van der Waals surface area contributed by atoms with Crippen molar-refractivity contribution in [3.8, 4) is 10.8 Å². The first kappa shape index (κ1) is 10.8. The Bertz CT molecular complexity index is 798. The average molecular weight is 264 g/mol. The van der Waals surface area contributed by atoms with E-state index in [1.807, 2.05) is 0 Å². The van der Waals surface area contributed by atoms with Crippen LogP contribution < -0.4 is 11.4 Å². The first-order valence-electron chi connectivity index (χ1n) is 4.84. The fraction of sp³-hybridized carbons (Fsp3) is 0. The van der Waals surface area contributed by atoms with Crippen LogP contribution in [0.25, 0.3) is 21.7 Å². The molecule has 1 aromatic carbocycles. The molecule has 0 atom stereocenters. The molecule has 0 saturated carbocycles. The Hall–Kier alpha value is -2.35. The summed E-state index contributed by atoms with van der Waals surface area (Å²) in [6.07, 6.45) is 0. The second-order valence-electron chi connectivity index (χ2n) is 3.43. The van der Waals surface area contributed by atoms with Gasteiger partial charge in [-0.15, -0.1) is 5.10 Å². The Morgan fingerprint density at radius 1 is 1.39 bits per heavy atom. The third-order valence-corrected chi connectivity index (χ3v) is 3.04.